The van der Waals surface area contributed by atoms with E-state index in [9.17, 15) is 4.79 Å². The summed E-state index contributed by atoms with van der Waals surface area (Å²) in [5.41, 5.74) is 5.16. The minimum Gasteiger partial charge on any atom is -0.496 e. The Labute approximate surface area is 148 Å². The molecule has 0 saturated carbocycles. The minimum absolute atomic E-state index is 0.149. The van der Waals surface area contributed by atoms with Crippen LogP contribution in [0.1, 0.15) is 29.3 Å². The number of aryl methyl sites for hydroxylation is 1. The highest BCUT2D eigenvalue weighted by Crippen LogP contribution is 2.39. The lowest BCUT2D eigenvalue weighted by molar-refractivity contribution is 0.240. The number of benzene rings is 1. The van der Waals surface area contributed by atoms with E-state index < -0.39 is 0 Å². The van der Waals surface area contributed by atoms with E-state index in [0.717, 1.165) is 45.6 Å². The number of hydrogen-bond donors (Lipinski definition) is 2. The summed E-state index contributed by atoms with van der Waals surface area (Å²) in [4.78, 5) is 16.6. The Bertz CT molecular complexity index is 863. The van der Waals surface area contributed by atoms with Crippen molar-refractivity contribution in [1.82, 2.24) is 15.6 Å². The molecule has 1 aromatic heterocycles. The molecule has 4 rings (SSSR count). The molecule has 122 valence electrons. The summed E-state index contributed by atoms with van der Waals surface area (Å²) in [6.07, 6.45) is 3.53. The molecule has 2 aliphatic rings. The van der Waals surface area contributed by atoms with Crippen LogP contribution in [-0.2, 0) is 6.42 Å². The lowest BCUT2D eigenvalue weighted by Gasteiger charge is -2.34. The minimum atomic E-state index is -0.192. The average Bonchev–Trinajstić information content (AvgIpc) is 2.61. The summed E-state index contributed by atoms with van der Waals surface area (Å²) < 4.78 is 6.17. The zero-order chi connectivity index (χ0) is 16.7. The zero-order valence-corrected chi connectivity index (χ0v) is 14.7. The molecule has 0 radical (unpaired) electrons. The van der Waals surface area contributed by atoms with Crippen LogP contribution < -0.4 is 15.4 Å². The summed E-state index contributed by atoms with van der Waals surface area (Å²) in [5, 5.41) is 6.00. The quantitative estimate of drug-likeness (QED) is 0.830. The first-order valence-corrected chi connectivity index (χ1v) is 8.55. The fourth-order valence-corrected chi connectivity index (χ4v) is 3.93. The number of ether oxygens (including phenoxy) is 1. The molecule has 1 aromatic carbocycles. The van der Waals surface area contributed by atoms with Gasteiger partial charge in [0, 0.05) is 17.5 Å². The first-order valence-electron chi connectivity index (χ1n) is 7.75. The Morgan fingerprint density at radius 2 is 2.17 bits per heavy atom. The third-order valence-electron chi connectivity index (χ3n) is 4.48. The maximum atomic E-state index is 12.2. The van der Waals surface area contributed by atoms with Crippen molar-refractivity contribution in [2.24, 2.45) is 0 Å². The molecular formula is C18H16BrN3O2. The molecule has 2 aromatic rings. The molecule has 1 atom stereocenters. The van der Waals surface area contributed by atoms with Gasteiger partial charge in [-0.05, 0) is 64.2 Å². The highest BCUT2D eigenvalue weighted by atomic mass is 79.9. The van der Waals surface area contributed by atoms with Gasteiger partial charge in [-0.15, -0.1) is 0 Å². The number of halogens is 1. The van der Waals surface area contributed by atoms with Gasteiger partial charge in [0.05, 0.1) is 23.3 Å². The van der Waals surface area contributed by atoms with Crippen molar-refractivity contribution in [1.29, 1.82) is 0 Å². The monoisotopic (exact) mass is 385 g/mol. The molecule has 24 heavy (non-hydrogen) atoms. The van der Waals surface area contributed by atoms with Crippen molar-refractivity contribution in [2.75, 3.05) is 7.11 Å². The molecule has 0 saturated heterocycles. The fourth-order valence-electron chi connectivity index (χ4n) is 3.37. The van der Waals surface area contributed by atoms with E-state index >= 15 is 0 Å². The van der Waals surface area contributed by atoms with Crippen LogP contribution >= 0.6 is 15.9 Å². The average molecular weight is 386 g/mol. The van der Waals surface area contributed by atoms with Crippen LogP contribution in [0, 0.1) is 0 Å². The van der Waals surface area contributed by atoms with Crippen molar-refractivity contribution < 1.29 is 9.53 Å². The van der Waals surface area contributed by atoms with E-state index in [4.69, 9.17) is 4.74 Å². The standard InChI is InChI=1S/C18H16BrN3O2/c1-24-15-7-4-10(9-13(15)19)16-12-5-6-14-11(3-2-8-20-14)17(12)22-18(23)21-16/h2-4,7-9,16H,5-6H2,1H3,(H2,21,22,23). The molecule has 2 amide bonds. The largest absolute Gasteiger partial charge is 0.496 e. The van der Waals surface area contributed by atoms with Crippen molar-refractivity contribution >= 4 is 27.7 Å². The van der Waals surface area contributed by atoms with Crippen LogP contribution in [-0.4, -0.2) is 18.1 Å². The number of amides is 2. The molecule has 0 fully saturated rings. The van der Waals surface area contributed by atoms with E-state index in [0.29, 0.717) is 0 Å². The van der Waals surface area contributed by atoms with E-state index in [1.165, 1.54) is 5.57 Å². The number of fused-ring (bicyclic) bond motifs is 2. The van der Waals surface area contributed by atoms with E-state index in [1.54, 1.807) is 13.3 Å². The number of hydrogen-bond acceptors (Lipinski definition) is 3. The number of carbonyl (C=O) groups excluding carboxylic acids is 1. The summed E-state index contributed by atoms with van der Waals surface area (Å²) in [6.45, 7) is 0. The molecule has 0 bridgehead atoms. The fraction of sp³-hybridized carbons (Fsp3) is 0.222. The summed E-state index contributed by atoms with van der Waals surface area (Å²) >= 11 is 3.52. The summed E-state index contributed by atoms with van der Waals surface area (Å²) in [5.74, 6) is 0.770. The van der Waals surface area contributed by atoms with E-state index in [2.05, 4.69) is 31.5 Å². The van der Waals surface area contributed by atoms with Crippen molar-refractivity contribution in [3.8, 4) is 5.75 Å². The Balaban J connectivity index is 1.82. The molecule has 6 heteroatoms. The van der Waals surface area contributed by atoms with Gasteiger partial charge in [0.1, 0.15) is 5.75 Å². The number of aromatic nitrogens is 1. The van der Waals surface area contributed by atoms with Gasteiger partial charge in [0.15, 0.2) is 0 Å². The van der Waals surface area contributed by atoms with Crippen LogP contribution in [0.25, 0.3) is 5.70 Å². The lowest BCUT2D eigenvalue weighted by Crippen LogP contribution is -2.44. The number of nitrogens with one attached hydrogen (secondary N) is 2. The van der Waals surface area contributed by atoms with Crippen LogP contribution in [0.15, 0.2) is 46.6 Å². The van der Waals surface area contributed by atoms with Crippen LogP contribution in [0.3, 0.4) is 0 Å². The van der Waals surface area contributed by atoms with Gasteiger partial charge in [0.25, 0.3) is 0 Å². The molecule has 1 aliphatic heterocycles. The molecule has 0 spiro atoms. The molecule has 1 unspecified atom stereocenters. The number of carbonyl (C=O) groups is 1. The summed E-state index contributed by atoms with van der Waals surface area (Å²) in [7, 11) is 1.64. The lowest BCUT2D eigenvalue weighted by atomic mass is 9.85. The van der Waals surface area contributed by atoms with Crippen LogP contribution in [0.5, 0.6) is 5.75 Å². The number of methoxy groups -OCH3 is 1. The van der Waals surface area contributed by atoms with Gasteiger partial charge in [-0.25, -0.2) is 4.79 Å². The summed E-state index contributed by atoms with van der Waals surface area (Å²) in [6, 6.07) is 9.48. The Kier molecular flexibility index (Phi) is 3.76. The second-order valence-corrected chi connectivity index (χ2v) is 6.68. The van der Waals surface area contributed by atoms with Gasteiger partial charge in [-0.2, -0.15) is 0 Å². The SMILES string of the molecule is COc1ccc(C2NC(=O)NC3=C2CCc2ncccc23)cc1Br. The van der Waals surface area contributed by atoms with E-state index in [1.807, 2.05) is 30.3 Å². The zero-order valence-electron chi connectivity index (χ0n) is 13.1. The van der Waals surface area contributed by atoms with E-state index in [-0.39, 0.29) is 12.1 Å². The Hall–Kier alpha value is -2.34. The molecule has 1 aliphatic carbocycles. The normalized spacial score (nSPS) is 19.1. The van der Waals surface area contributed by atoms with Crippen LogP contribution in [0.4, 0.5) is 4.79 Å². The smallest absolute Gasteiger partial charge is 0.320 e. The van der Waals surface area contributed by atoms with Gasteiger partial charge >= 0.3 is 6.03 Å². The number of pyridine rings is 1. The molecule has 2 N–H and O–H groups in total. The Morgan fingerprint density at radius 3 is 2.96 bits per heavy atom. The van der Waals surface area contributed by atoms with Gasteiger partial charge in [-0.1, -0.05) is 6.07 Å². The highest BCUT2D eigenvalue weighted by Gasteiger charge is 2.32. The number of rotatable bonds is 2. The third kappa shape index (κ3) is 2.47. The van der Waals surface area contributed by atoms with Crippen molar-refractivity contribution in [3.05, 3.63) is 63.4 Å². The predicted octanol–water partition coefficient (Wildman–Crippen LogP) is 3.56. The number of nitrogens with zero attached hydrogens (tertiary/aromatic N) is 1. The Morgan fingerprint density at radius 1 is 1.29 bits per heavy atom. The second kappa shape index (κ2) is 5.94. The van der Waals surface area contributed by atoms with Gasteiger partial charge in [-0.3, -0.25) is 4.98 Å². The third-order valence-corrected chi connectivity index (χ3v) is 5.10. The maximum absolute atomic E-state index is 12.2. The molecular weight excluding hydrogens is 370 g/mol. The van der Waals surface area contributed by atoms with Gasteiger partial charge in [0.2, 0.25) is 0 Å². The van der Waals surface area contributed by atoms with Gasteiger partial charge < -0.3 is 15.4 Å². The maximum Gasteiger partial charge on any atom is 0.320 e. The number of urea groups is 1. The first-order chi connectivity index (χ1) is 11.7. The topological polar surface area (TPSA) is 63.2 Å². The molecule has 2 heterocycles. The first kappa shape index (κ1) is 15.2. The second-order valence-electron chi connectivity index (χ2n) is 5.82. The van der Waals surface area contributed by atoms with Crippen LogP contribution in [0.2, 0.25) is 0 Å². The van der Waals surface area contributed by atoms with Crippen molar-refractivity contribution in [3.63, 3.8) is 0 Å². The van der Waals surface area contributed by atoms with Crippen molar-refractivity contribution in [2.45, 2.75) is 18.9 Å². The predicted molar refractivity (Wildman–Crippen MR) is 94.6 cm³/mol. The molecule has 5 nitrogen and oxygen atoms in total. The highest BCUT2D eigenvalue weighted by molar-refractivity contribution is 9.10.